The predicted octanol–water partition coefficient (Wildman–Crippen LogP) is 3.36. The number of aliphatic hydroxyl groups is 2. The van der Waals surface area contributed by atoms with Gasteiger partial charge in [0.15, 0.2) is 0 Å². The van der Waals surface area contributed by atoms with Gasteiger partial charge < -0.3 is 10.2 Å². The van der Waals surface area contributed by atoms with Crippen molar-refractivity contribution in [2.45, 2.75) is 77.9 Å². The molecule has 1 fully saturated rings. The van der Waals surface area contributed by atoms with E-state index in [1.165, 1.54) is 32.1 Å². The Hall–Kier alpha value is -0.0800. The second-order valence-corrected chi connectivity index (χ2v) is 6.40. The average molecular weight is 242 g/mol. The summed E-state index contributed by atoms with van der Waals surface area (Å²) < 4.78 is 0. The van der Waals surface area contributed by atoms with Crippen LogP contribution in [0.25, 0.3) is 0 Å². The standard InChI is InChI=1S/C15H30O2/c1-11(2)9-14(16)15(17)12(3)10-13-7-5-4-6-8-13/h11-17H,4-10H2,1-3H3/t12?,14-,15+/m0/s1. The monoisotopic (exact) mass is 242 g/mol. The summed E-state index contributed by atoms with van der Waals surface area (Å²) in [6.45, 7) is 6.26. The molecule has 1 saturated carbocycles. The first-order chi connectivity index (χ1) is 8.00. The summed E-state index contributed by atoms with van der Waals surface area (Å²) in [6.07, 6.45) is 7.40. The third-order valence-corrected chi connectivity index (χ3v) is 4.12. The number of aliphatic hydroxyl groups excluding tert-OH is 2. The zero-order valence-electron chi connectivity index (χ0n) is 11.7. The van der Waals surface area contributed by atoms with E-state index in [1.807, 2.05) is 0 Å². The third kappa shape index (κ3) is 5.39. The molecule has 0 saturated heterocycles. The van der Waals surface area contributed by atoms with Crippen LogP contribution in [0.3, 0.4) is 0 Å². The number of hydrogen-bond donors (Lipinski definition) is 2. The lowest BCUT2D eigenvalue weighted by Crippen LogP contribution is -2.34. The van der Waals surface area contributed by atoms with E-state index in [2.05, 4.69) is 20.8 Å². The van der Waals surface area contributed by atoms with Gasteiger partial charge in [0.2, 0.25) is 0 Å². The Labute approximate surface area is 106 Å². The molecular formula is C15H30O2. The Morgan fingerprint density at radius 3 is 2.12 bits per heavy atom. The minimum atomic E-state index is -0.548. The van der Waals surface area contributed by atoms with Crippen molar-refractivity contribution in [3.8, 4) is 0 Å². The van der Waals surface area contributed by atoms with E-state index in [4.69, 9.17) is 0 Å². The fraction of sp³-hybridized carbons (Fsp3) is 1.00. The minimum Gasteiger partial charge on any atom is -0.390 e. The molecule has 2 heteroatoms. The normalized spacial score (nSPS) is 23.6. The Morgan fingerprint density at radius 2 is 1.59 bits per heavy atom. The van der Waals surface area contributed by atoms with Gasteiger partial charge in [-0.15, -0.1) is 0 Å². The van der Waals surface area contributed by atoms with Crippen molar-refractivity contribution in [2.24, 2.45) is 17.8 Å². The second kappa shape index (κ2) is 7.38. The fourth-order valence-corrected chi connectivity index (χ4v) is 3.09. The largest absolute Gasteiger partial charge is 0.390 e. The third-order valence-electron chi connectivity index (χ3n) is 4.12. The van der Waals surface area contributed by atoms with Gasteiger partial charge in [0.1, 0.15) is 0 Å². The van der Waals surface area contributed by atoms with E-state index in [0.29, 0.717) is 12.3 Å². The maximum Gasteiger partial charge on any atom is 0.0824 e. The van der Waals surface area contributed by atoms with Gasteiger partial charge in [-0.2, -0.15) is 0 Å². The van der Waals surface area contributed by atoms with Gasteiger partial charge in [0, 0.05) is 0 Å². The summed E-state index contributed by atoms with van der Waals surface area (Å²) in [7, 11) is 0. The van der Waals surface area contributed by atoms with Gasteiger partial charge in [-0.3, -0.25) is 0 Å². The van der Waals surface area contributed by atoms with Crippen LogP contribution in [0.2, 0.25) is 0 Å². The molecule has 0 bridgehead atoms. The molecule has 1 aliphatic rings. The van der Waals surface area contributed by atoms with E-state index in [0.717, 1.165) is 12.3 Å². The highest BCUT2D eigenvalue weighted by Crippen LogP contribution is 2.31. The van der Waals surface area contributed by atoms with Gasteiger partial charge in [0.05, 0.1) is 12.2 Å². The molecule has 3 atom stereocenters. The van der Waals surface area contributed by atoms with E-state index in [1.54, 1.807) is 0 Å². The molecular weight excluding hydrogens is 212 g/mol. The summed E-state index contributed by atoms with van der Waals surface area (Å²) in [5.41, 5.74) is 0. The van der Waals surface area contributed by atoms with Crippen molar-refractivity contribution < 1.29 is 10.2 Å². The summed E-state index contributed by atoms with van der Waals surface area (Å²) in [6, 6.07) is 0. The zero-order valence-corrected chi connectivity index (χ0v) is 11.7. The van der Waals surface area contributed by atoms with Crippen LogP contribution in [0.15, 0.2) is 0 Å². The summed E-state index contributed by atoms with van der Waals surface area (Å²) in [5, 5.41) is 20.1. The molecule has 0 spiro atoms. The Morgan fingerprint density at radius 1 is 1.00 bits per heavy atom. The van der Waals surface area contributed by atoms with Crippen molar-refractivity contribution in [1.82, 2.24) is 0 Å². The molecule has 0 aromatic carbocycles. The molecule has 0 radical (unpaired) electrons. The van der Waals surface area contributed by atoms with Crippen LogP contribution < -0.4 is 0 Å². The molecule has 17 heavy (non-hydrogen) atoms. The SMILES string of the molecule is CC(C)C[C@H](O)[C@H](O)C(C)CC1CCCCC1. The first kappa shape index (κ1) is 15.0. The highest BCUT2D eigenvalue weighted by molar-refractivity contribution is 4.77. The first-order valence-corrected chi connectivity index (χ1v) is 7.36. The first-order valence-electron chi connectivity index (χ1n) is 7.36. The van der Waals surface area contributed by atoms with Crippen LogP contribution in [0.5, 0.6) is 0 Å². The Balaban J connectivity index is 2.31. The van der Waals surface area contributed by atoms with Crippen LogP contribution in [-0.2, 0) is 0 Å². The Bertz CT molecular complexity index is 197. The topological polar surface area (TPSA) is 40.5 Å². The van der Waals surface area contributed by atoms with Gasteiger partial charge in [-0.25, -0.2) is 0 Å². The molecule has 2 N–H and O–H groups in total. The van der Waals surface area contributed by atoms with Crippen LogP contribution in [0.1, 0.15) is 65.7 Å². The fourth-order valence-electron chi connectivity index (χ4n) is 3.09. The summed E-state index contributed by atoms with van der Waals surface area (Å²) in [4.78, 5) is 0. The van der Waals surface area contributed by atoms with Crippen molar-refractivity contribution in [1.29, 1.82) is 0 Å². The van der Waals surface area contributed by atoms with Crippen LogP contribution >= 0.6 is 0 Å². The smallest absolute Gasteiger partial charge is 0.0824 e. The average Bonchev–Trinajstić information content (AvgIpc) is 2.28. The quantitative estimate of drug-likeness (QED) is 0.750. The maximum atomic E-state index is 10.1. The van der Waals surface area contributed by atoms with Gasteiger partial charge >= 0.3 is 0 Å². The zero-order chi connectivity index (χ0) is 12.8. The van der Waals surface area contributed by atoms with Crippen LogP contribution in [0, 0.1) is 17.8 Å². The van der Waals surface area contributed by atoms with Gasteiger partial charge in [-0.1, -0.05) is 52.9 Å². The molecule has 1 rings (SSSR count). The molecule has 1 unspecified atom stereocenters. The van der Waals surface area contributed by atoms with Crippen LogP contribution in [0.4, 0.5) is 0 Å². The van der Waals surface area contributed by atoms with Crippen molar-refractivity contribution >= 4 is 0 Å². The van der Waals surface area contributed by atoms with E-state index in [-0.39, 0.29) is 5.92 Å². The summed E-state index contributed by atoms with van der Waals surface area (Å²) >= 11 is 0. The molecule has 0 aromatic heterocycles. The van der Waals surface area contributed by atoms with E-state index < -0.39 is 12.2 Å². The van der Waals surface area contributed by atoms with E-state index in [9.17, 15) is 10.2 Å². The molecule has 102 valence electrons. The van der Waals surface area contributed by atoms with Gasteiger partial charge in [0.25, 0.3) is 0 Å². The predicted molar refractivity (Wildman–Crippen MR) is 71.8 cm³/mol. The lowest BCUT2D eigenvalue weighted by Gasteiger charge is -2.29. The molecule has 0 aromatic rings. The highest BCUT2D eigenvalue weighted by atomic mass is 16.3. The second-order valence-electron chi connectivity index (χ2n) is 6.40. The Kier molecular flexibility index (Phi) is 6.50. The van der Waals surface area contributed by atoms with Crippen molar-refractivity contribution in [2.75, 3.05) is 0 Å². The minimum absolute atomic E-state index is 0.229. The number of rotatable bonds is 6. The van der Waals surface area contributed by atoms with Crippen molar-refractivity contribution in [3.63, 3.8) is 0 Å². The van der Waals surface area contributed by atoms with Crippen molar-refractivity contribution in [3.05, 3.63) is 0 Å². The lowest BCUT2D eigenvalue weighted by atomic mass is 9.80. The molecule has 1 aliphatic carbocycles. The highest BCUT2D eigenvalue weighted by Gasteiger charge is 2.26. The van der Waals surface area contributed by atoms with Crippen LogP contribution in [-0.4, -0.2) is 22.4 Å². The lowest BCUT2D eigenvalue weighted by molar-refractivity contribution is -0.0288. The molecule has 0 amide bonds. The molecule has 0 aliphatic heterocycles. The maximum absolute atomic E-state index is 10.1. The summed E-state index contributed by atoms with van der Waals surface area (Å²) in [5.74, 6) is 1.45. The molecule has 0 heterocycles. The van der Waals surface area contributed by atoms with E-state index >= 15 is 0 Å². The van der Waals surface area contributed by atoms with Gasteiger partial charge in [-0.05, 0) is 30.6 Å². The molecule has 2 nitrogen and oxygen atoms in total. The number of hydrogen-bond acceptors (Lipinski definition) is 2.